The van der Waals surface area contributed by atoms with Gasteiger partial charge in [0.25, 0.3) is 0 Å². The van der Waals surface area contributed by atoms with Crippen molar-refractivity contribution in [3.8, 4) is 11.5 Å². The third kappa shape index (κ3) is 2.30. The molecule has 150 valence electrons. The lowest BCUT2D eigenvalue weighted by molar-refractivity contribution is -0.363. The van der Waals surface area contributed by atoms with Crippen LogP contribution >= 0.6 is 0 Å². The van der Waals surface area contributed by atoms with Gasteiger partial charge in [-0.1, -0.05) is 6.07 Å². The maximum absolute atomic E-state index is 15.6. The standard InChI is InChI=1S/C20H17BF4N2O2/c1-10-7-12(3)26-18(10)17(19-11(2)8-13(4)27(19)21(26,24)25)14-5-6-15-16(9-14)29-20(22,23)28-15/h5-9H,1-4H3. The molecule has 4 heterocycles. The van der Waals surface area contributed by atoms with Crippen LogP contribution in [0.25, 0.3) is 5.57 Å². The lowest BCUT2D eigenvalue weighted by Gasteiger charge is -2.34. The van der Waals surface area contributed by atoms with Gasteiger partial charge in [0.1, 0.15) is 5.71 Å². The normalized spacial score (nSPS) is 20.8. The van der Waals surface area contributed by atoms with Crippen LogP contribution in [0.15, 0.2) is 41.6 Å². The second-order valence-electron chi connectivity index (χ2n) is 7.67. The summed E-state index contributed by atoms with van der Waals surface area (Å²) >= 11 is 0. The number of nitrogens with zero attached hydrogens (tertiary/aromatic N) is 2. The van der Waals surface area contributed by atoms with Crippen LogP contribution in [0.4, 0.5) is 17.4 Å². The van der Waals surface area contributed by atoms with Crippen LogP contribution in [0, 0.1) is 13.8 Å². The molecule has 29 heavy (non-hydrogen) atoms. The summed E-state index contributed by atoms with van der Waals surface area (Å²) in [5, 5.41) is 0. The Morgan fingerprint density at radius 2 is 1.69 bits per heavy atom. The Kier molecular flexibility index (Phi) is 3.33. The predicted molar refractivity (Wildman–Crippen MR) is 101 cm³/mol. The SMILES string of the molecule is CC1=CC(C)=[N+]2C1=C(c1ccc3c(c1)OC(F)(F)O3)c1c(C)cc(C)n1[B-]2(F)F. The maximum Gasteiger partial charge on any atom is 0.737 e. The highest BCUT2D eigenvalue weighted by Gasteiger charge is 2.55. The quantitative estimate of drug-likeness (QED) is 0.502. The first-order valence-electron chi connectivity index (χ1n) is 9.18. The summed E-state index contributed by atoms with van der Waals surface area (Å²) in [7, 11) is 0. The van der Waals surface area contributed by atoms with E-state index in [1.165, 1.54) is 12.1 Å². The molecule has 0 fully saturated rings. The summed E-state index contributed by atoms with van der Waals surface area (Å²) in [4.78, 5) is 0. The largest absolute Gasteiger partial charge is 0.737 e. The van der Waals surface area contributed by atoms with Crippen LogP contribution in [-0.2, 0) is 0 Å². The zero-order valence-electron chi connectivity index (χ0n) is 16.2. The smallest absolute Gasteiger partial charge is 0.395 e. The summed E-state index contributed by atoms with van der Waals surface area (Å²) in [5.41, 5.74) is 4.06. The molecule has 3 aliphatic rings. The molecular weight excluding hydrogens is 387 g/mol. The molecule has 1 aromatic carbocycles. The van der Waals surface area contributed by atoms with Gasteiger partial charge in [0.15, 0.2) is 17.2 Å². The van der Waals surface area contributed by atoms with Crippen LogP contribution < -0.4 is 9.47 Å². The van der Waals surface area contributed by atoms with Crippen molar-refractivity contribution in [3.05, 3.63) is 64.1 Å². The highest BCUT2D eigenvalue weighted by atomic mass is 19.3. The number of hydrogen-bond donors (Lipinski definition) is 0. The number of aryl methyl sites for hydroxylation is 2. The van der Waals surface area contributed by atoms with E-state index < -0.39 is 13.3 Å². The van der Waals surface area contributed by atoms with Crippen LogP contribution in [0.5, 0.6) is 11.5 Å². The fraction of sp³-hybridized carbons (Fsp3) is 0.250. The van der Waals surface area contributed by atoms with Crippen LogP contribution in [0.3, 0.4) is 0 Å². The lowest BCUT2D eigenvalue weighted by atomic mass is 9.84. The molecule has 0 radical (unpaired) electrons. The van der Waals surface area contributed by atoms with E-state index in [-0.39, 0.29) is 11.5 Å². The number of benzene rings is 1. The first-order valence-corrected chi connectivity index (χ1v) is 9.18. The monoisotopic (exact) mass is 404 g/mol. The van der Waals surface area contributed by atoms with Crippen molar-refractivity contribution in [2.75, 3.05) is 0 Å². The molecule has 5 rings (SSSR count). The fourth-order valence-electron chi connectivity index (χ4n) is 4.68. The molecular formula is C20H17BF4N2O2. The fourth-order valence-corrected chi connectivity index (χ4v) is 4.68. The van der Waals surface area contributed by atoms with Gasteiger partial charge < -0.3 is 27.1 Å². The molecule has 2 aromatic rings. The summed E-state index contributed by atoms with van der Waals surface area (Å²) in [6.45, 7) is 2.73. The Balaban J connectivity index is 1.84. The highest BCUT2D eigenvalue weighted by Crippen LogP contribution is 2.47. The van der Waals surface area contributed by atoms with Gasteiger partial charge in [-0.25, -0.2) is 0 Å². The van der Waals surface area contributed by atoms with Gasteiger partial charge >= 0.3 is 13.3 Å². The molecule has 0 spiro atoms. The molecule has 1 aromatic heterocycles. The average molecular weight is 404 g/mol. The molecule has 0 saturated carbocycles. The van der Waals surface area contributed by atoms with Crippen molar-refractivity contribution in [3.63, 3.8) is 0 Å². The second kappa shape index (κ2) is 5.34. The highest BCUT2D eigenvalue weighted by molar-refractivity contribution is 6.58. The van der Waals surface area contributed by atoms with Gasteiger partial charge in [-0.3, -0.25) is 0 Å². The molecule has 0 amide bonds. The van der Waals surface area contributed by atoms with Crippen molar-refractivity contribution in [2.45, 2.75) is 34.0 Å². The molecule has 0 unspecified atom stereocenters. The number of alkyl halides is 2. The zero-order valence-corrected chi connectivity index (χ0v) is 16.2. The molecule has 0 atom stereocenters. The summed E-state index contributed by atoms with van der Waals surface area (Å²) in [5.74, 6) is -0.209. The van der Waals surface area contributed by atoms with E-state index in [1.807, 2.05) is 0 Å². The molecule has 0 saturated heterocycles. The first kappa shape index (κ1) is 18.1. The Morgan fingerprint density at radius 3 is 2.41 bits per heavy atom. The summed E-state index contributed by atoms with van der Waals surface area (Å²) in [6.07, 6.45) is -2.03. The third-order valence-corrected chi connectivity index (χ3v) is 5.62. The van der Waals surface area contributed by atoms with Crippen LogP contribution in [0.1, 0.15) is 36.4 Å². The predicted octanol–water partition coefficient (Wildman–Crippen LogP) is 4.86. The van der Waals surface area contributed by atoms with Crippen molar-refractivity contribution in [2.24, 2.45) is 0 Å². The van der Waals surface area contributed by atoms with E-state index in [2.05, 4.69) is 9.47 Å². The number of allylic oxidation sites excluding steroid dienone is 2. The number of rotatable bonds is 1. The minimum atomic E-state index is -4.09. The Hall–Kier alpha value is -2.97. The van der Waals surface area contributed by atoms with Gasteiger partial charge in [0.05, 0.1) is 5.57 Å². The molecule has 0 bridgehead atoms. The van der Waals surface area contributed by atoms with Crippen molar-refractivity contribution < 1.29 is 31.4 Å². The van der Waals surface area contributed by atoms with Gasteiger partial charge in [-0.15, -0.1) is 8.78 Å². The number of ether oxygens (including phenoxy) is 2. The molecule has 4 nitrogen and oxygen atoms in total. The minimum Gasteiger partial charge on any atom is -0.395 e. The second-order valence-corrected chi connectivity index (χ2v) is 7.67. The van der Waals surface area contributed by atoms with E-state index in [9.17, 15) is 8.78 Å². The van der Waals surface area contributed by atoms with E-state index in [0.29, 0.717) is 45.1 Å². The molecule has 0 aliphatic carbocycles. The summed E-state index contributed by atoms with van der Waals surface area (Å²) < 4.78 is 69.3. The van der Waals surface area contributed by atoms with E-state index in [1.54, 1.807) is 45.9 Å². The Morgan fingerprint density at radius 1 is 1.00 bits per heavy atom. The van der Waals surface area contributed by atoms with Gasteiger partial charge in [0.2, 0.25) is 0 Å². The van der Waals surface area contributed by atoms with E-state index >= 15 is 8.63 Å². The first-order chi connectivity index (χ1) is 13.5. The number of hydrogen-bond acceptors (Lipinski definition) is 2. The van der Waals surface area contributed by atoms with Crippen LogP contribution in [-0.4, -0.2) is 27.9 Å². The van der Waals surface area contributed by atoms with Crippen LogP contribution in [0.2, 0.25) is 0 Å². The summed E-state index contributed by atoms with van der Waals surface area (Å²) in [6, 6.07) is 6.10. The van der Waals surface area contributed by atoms with E-state index in [0.717, 1.165) is 8.96 Å². The molecule has 3 aliphatic heterocycles. The topological polar surface area (TPSA) is 26.4 Å². The maximum atomic E-state index is 15.6. The zero-order chi connectivity index (χ0) is 20.9. The van der Waals surface area contributed by atoms with Gasteiger partial charge in [-0.2, -0.15) is 0 Å². The third-order valence-electron chi connectivity index (χ3n) is 5.62. The molecule has 0 N–H and O–H groups in total. The average Bonchev–Trinajstić information content (AvgIpc) is 3.18. The molecule has 9 heteroatoms. The van der Waals surface area contributed by atoms with Gasteiger partial charge in [-0.05, 0) is 55.8 Å². The Bertz CT molecular complexity index is 1210. The lowest BCUT2D eigenvalue weighted by Crippen LogP contribution is -2.51. The van der Waals surface area contributed by atoms with Gasteiger partial charge in [0, 0.05) is 24.3 Å². The van der Waals surface area contributed by atoms with Crippen molar-refractivity contribution in [1.82, 2.24) is 4.48 Å². The Labute approximate surface area is 164 Å². The van der Waals surface area contributed by atoms with E-state index in [4.69, 9.17) is 0 Å². The number of aromatic nitrogens is 1. The number of halogens is 4. The number of fused-ring (bicyclic) bond motifs is 3. The van der Waals surface area contributed by atoms with Crippen molar-refractivity contribution >= 4 is 18.3 Å². The van der Waals surface area contributed by atoms with Crippen molar-refractivity contribution in [1.29, 1.82) is 0 Å². The minimum absolute atomic E-state index is 0.0868.